The molecule has 1 rings (SSSR count). The van der Waals surface area contributed by atoms with Crippen LogP contribution in [0.2, 0.25) is 0 Å². The second-order valence-electron chi connectivity index (χ2n) is 3.88. The van der Waals surface area contributed by atoms with Crippen LogP contribution in [0.1, 0.15) is 19.8 Å². The van der Waals surface area contributed by atoms with Gasteiger partial charge in [-0.2, -0.15) is 0 Å². The molecule has 88 valence electrons. The lowest BCUT2D eigenvalue weighted by Crippen LogP contribution is -2.48. The Hall–Kier alpha value is -0.750. The normalized spacial score (nSPS) is 26.7. The van der Waals surface area contributed by atoms with E-state index in [1.807, 2.05) is 0 Å². The number of hydrogen-bond donors (Lipinski definition) is 2. The van der Waals surface area contributed by atoms with Crippen LogP contribution in [-0.2, 0) is 9.53 Å². The van der Waals surface area contributed by atoms with Gasteiger partial charge in [0.1, 0.15) is 12.2 Å². The van der Waals surface area contributed by atoms with Crippen LogP contribution < -0.4 is 5.32 Å². The van der Waals surface area contributed by atoms with E-state index in [-0.39, 0.29) is 0 Å². The molecular formula is C9H15F2NO3. The van der Waals surface area contributed by atoms with Gasteiger partial charge in [-0.15, -0.1) is 0 Å². The number of aliphatic hydroxyl groups is 1. The van der Waals surface area contributed by atoms with E-state index < -0.39 is 30.6 Å². The van der Waals surface area contributed by atoms with Crippen molar-refractivity contribution in [1.82, 2.24) is 5.32 Å². The van der Waals surface area contributed by atoms with Gasteiger partial charge in [0, 0.05) is 6.61 Å². The summed E-state index contributed by atoms with van der Waals surface area (Å²) in [4.78, 5) is 11.5. The van der Waals surface area contributed by atoms with E-state index in [0.29, 0.717) is 13.0 Å². The monoisotopic (exact) mass is 223 g/mol. The summed E-state index contributed by atoms with van der Waals surface area (Å²) >= 11 is 0. The molecule has 0 radical (unpaired) electrons. The maximum Gasteiger partial charge on any atom is 0.287 e. The standard InChI is InChI=1S/C9H15F2NO3/c1-8(3-2-4-15-8)7(14)12-5-9(10,11)6-13/h13H,2-6H2,1H3,(H,12,14). The van der Waals surface area contributed by atoms with Gasteiger partial charge >= 0.3 is 0 Å². The first-order valence-corrected chi connectivity index (χ1v) is 4.81. The summed E-state index contributed by atoms with van der Waals surface area (Å²) in [6.07, 6.45) is 1.28. The van der Waals surface area contributed by atoms with Crippen LogP contribution in [0, 0.1) is 0 Å². The van der Waals surface area contributed by atoms with Crippen LogP contribution >= 0.6 is 0 Å². The molecule has 4 nitrogen and oxygen atoms in total. The zero-order chi connectivity index (χ0) is 11.5. The fourth-order valence-electron chi connectivity index (χ4n) is 1.41. The number of carbonyl (C=O) groups excluding carboxylic acids is 1. The molecule has 15 heavy (non-hydrogen) atoms. The Balaban J connectivity index is 2.42. The lowest BCUT2D eigenvalue weighted by molar-refractivity contribution is -0.142. The number of rotatable bonds is 4. The van der Waals surface area contributed by atoms with Crippen molar-refractivity contribution >= 4 is 5.91 Å². The Kier molecular flexibility index (Phi) is 3.62. The second-order valence-corrected chi connectivity index (χ2v) is 3.88. The van der Waals surface area contributed by atoms with Crippen LogP contribution in [0.15, 0.2) is 0 Å². The summed E-state index contributed by atoms with van der Waals surface area (Å²) in [6, 6.07) is 0. The van der Waals surface area contributed by atoms with E-state index in [9.17, 15) is 13.6 Å². The highest BCUT2D eigenvalue weighted by molar-refractivity contribution is 5.85. The van der Waals surface area contributed by atoms with E-state index in [2.05, 4.69) is 5.32 Å². The van der Waals surface area contributed by atoms with Crippen molar-refractivity contribution in [1.29, 1.82) is 0 Å². The quantitative estimate of drug-likeness (QED) is 0.720. The van der Waals surface area contributed by atoms with Gasteiger partial charge in [0.25, 0.3) is 11.8 Å². The van der Waals surface area contributed by atoms with Gasteiger partial charge < -0.3 is 15.2 Å². The third-order valence-electron chi connectivity index (χ3n) is 2.44. The maximum atomic E-state index is 12.6. The third-order valence-corrected chi connectivity index (χ3v) is 2.44. The van der Waals surface area contributed by atoms with Crippen LogP contribution in [0.25, 0.3) is 0 Å². The summed E-state index contributed by atoms with van der Waals surface area (Å²) in [5, 5.41) is 10.4. The number of alkyl halides is 2. The second kappa shape index (κ2) is 4.40. The molecule has 0 aliphatic carbocycles. The molecule has 1 heterocycles. The predicted octanol–water partition coefficient (Wildman–Crippen LogP) is 0.299. The minimum atomic E-state index is -3.27. The van der Waals surface area contributed by atoms with E-state index in [1.165, 1.54) is 0 Å². The van der Waals surface area contributed by atoms with Crippen molar-refractivity contribution in [3.63, 3.8) is 0 Å². The molecular weight excluding hydrogens is 208 g/mol. The van der Waals surface area contributed by atoms with E-state index in [1.54, 1.807) is 6.92 Å². The highest BCUT2D eigenvalue weighted by Crippen LogP contribution is 2.25. The van der Waals surface area contributed by atoms with Gasteiger partial charge in [-0.25, -0.2) is 8.78 Å². The molecule has 1 amide bonds. The van der Waals surface area contributed by atoms with Crippen LogP contribution in [-0.4, -0.2) is 42.3 Å². The summed E-state index contributed by atoms with van der Waals surface area (Å²) in [6.45, 7) is -0.0845. The molecule has 1 aliphatic heterocycles. The number of halogens is 2. The van der Waals surface area contributed by atoms with E-state index >= 15 is 0 Å². The summed E-state index contributed by atoms with van der Waals surface area (Å²) in [7, 11) is 0. The minimum Gasteiger partial charge on any atom is -0.390 e. The van der Waals surface area contributed by atoms with Gasteiger partial charge in [-0.1, -0.05) is 0 Å². The number of nitrogens with one attached hydrogen (secondary N) is 1. The first-order valence-electron chi connectivity index (χ1n) is 4.81. The minimum absolute atomic E-state index is 0.473. The SMILES string of the molecule is CC1(C(=O)NCC(F)(F)CO)CCCO1. The van der Waals surface area contributed by atoms with Crippen LogP contribution in [0.3, 0.4) is 0 Å². The number of ether oxygens (including phenoxy) is 1. The lowest BCUT2D eigenvalue weighted by atomic mass is 10.0. The molecule has 2 N–H and O–H groups in total. The van der Waals surface area contributed by atoms with Gasteiger partial charge in [0.05, 0.1) is 6.54 Å². The van der Waals surface area contributed by atoms with Gasteiger partial charge in [0.15, 0.2) is 0 Å². The van der Waals surface area contributed by atoms with E-state index in [0.717, 1.165) is 6.42 Å². The molecule has 1 atom stereocenters. The van der Waals surface area contributed by atoms with Crippen molar-refractivity contribution in [2.45, 2.75) is 31.3 Å². The fraction of sp³-hybridized carbons (Fsp3) is 0.889. The Morgan fingerprint density at radius 1 is 1.67 bits per heavy atom. The molecule has 1 fully saturated rings. The van der Waals surface area contributed by atoms with Crippen molar-refractivity contribution in [3.8, 4) is 0 Å². The van der Waals surface area contributed by atoms with E-state index in [4.69, 9.17) is 9.84 Å². The molecule has 0 saturated carbocycles. The molecule has 0 spiro atoms. The van der Waals surface area contributed by atoms with Crippen LogP contribution in [0.5, 0.6) is 0 Å². The van der Waals surface area contributed by atoms with Crippen molar-refractivity contribution < 1.29 is 23.4 Å². The average molecular weight is 223 g/mol. The number of amides is 1. The molecule has 0 bridgehead atoms. The predicted molar refractivity (Wildman–Crippen MR) is 48.6 cm³/mol. The van der Waals surface area contributed by atoms with Crippen molar-refractivity contribution in [2.75, 3.05) is 19.8 Å². The molecule has 1 saturated heterocycles. The fourth-order valence-corrected chi connectivity index (χ4v) is 1.41. The molecule has 0 aromatic heterocycles. The topological polar surface area (TPSA) is 58.6 Å². The lowest BCUT2D eigenvalue weighted by Gasteiger charge is -2.23. The maximum absolute atomic E-state index is 12.6. The molecule has 0 aromatic rings. The van der Waals surface area contributed by atoms with Gasteiger partial charge in [-0.05, 0) is 19.8 Å². The zero-order valence-corrected chi connectivity index (χ0v) is 8.56. The first kappa shape index (κ1) is 12.3. The molecule has 6 heteroatoms. The summed E-state index contributed by atoms with van der Waals surface area (Å²) in [5.74, 6) is -3.82. The highest BCUT2D eigenvalue weighted by atomic mass is 19.3. The molecule has 1 unspecified atom stereocenters. The Labute approximate surface area is 86.6 Å². The number of aliphatic hydroxyl groups excluding tert-OH is 1. The van der Waals surface area contributed by atoms with Crippen molar-refractivity contribution in [3.05, 3.63) is 0 Å². The highest BCUT2D eigenvalue weighted by Gasteiger charge is 2.39. The van der Waals surface area contributed by atoms with Crippen LogP contribution in [0.4, 0.5) is 8.78 Å². The van der Waals surface area contributed by atoms with Crippen molar-refractivity contribution in [2.24, 2.45) is 0 Å². The van der Waals surface area contributed by atoms with Gasteiger partial charge in [-0.3, -0.25) is 4.79 Å². The first-order chi connectivity index (χ1) is 6.90. The summed E-state index contributed by atoms with van der Waals surface area (Å²) < 4.78 is 30.4. The smallest absolute Gasteiger partial charge is 0.287 e. The molecule has 1 aliphatic rings. The average Bonchev–Trinajstić information content (AvgIpc) is 2.63. The molecule has 0 aromatic carbocycles. The Morgan fingerprint density at radius 2 is 2.33 bits per heavy atom. The Morgan fingerprint density at radius 3 is 2.80 bits per heavy atom. The zero-order valence-electron chi connectivity index (χ0n) is 8.56. The Bertz CT molecular complexity index is 240. The summed E-state index contributed by atoms with van der Waals surface area (Å²) in [5.41, 5.74) is -0.995. The number of hydrogen-bond acceptors (Lipinski definition) is 3. The number of carbonyl (C=O) groups is 1. The largest absolute Gasteiger partial charge is 0.390 e. The third kappa shape index (κ3) is 3.10. The van der Waals surface area contributed by atoms with Gasteiger partial charge in [0.2, 0.25) is 0 Å².